The van der Waals surface area contributed by atoms with Gasteiger partial charge in [0.05, 0.1) is 16.7 Å². The third-order valence-corrected chi connectivity index (χ3v) is 4.07. The SMILES string of the molecule is Fc1ccc(Br)cc1-n1c(=S)[nH]c2ccc(Br)cc21. The Labute approximate surface area is 130 Å². The quantitative estimate of drug-likeness (QED) is 0.545. The lowest BCUT2D eigenvalue weighted by Gasteiger charge is -2.07. The Hall–Kier alpha value is -0.980. The van der Waals surface area contributed by atoms with Crippen LogP contribution < -0.4 is 0 Å². The van der Waals surface area contributed by atoms with Gasteiger partial charge in [-0.05, 0) is 48.6 Å². The van der Waals surface area contributed by atoms with Crippen molar-refractivity contribution in [3.8, 4) is 5.69 Å². The molecule has 0 bridgehead atoms. The first-order chi connectivity index (χ1) is 9.06. The lowest BCUT2D eigenvalue weighted by Crippen LogP contribution is -1.97. The van der Waals surface area contributed by atoms with Gasteiger partial charge >= 0.3 is 0 Å². The van der Waals surface area contributed by atoms with E-state index in [9.17, 15) is 4.39 Å². The highest BCUT2D eigenvalue weighted by Crippen LogP contribution is 2.26. The number of aromatic nitrogens is 2. The van der Waals surface area contributed by atoms with Crippen LogP contribution in [0.3, 0.4) is 0 Å². The molecule has 0 amide bonds. The molecule has 0 saturated heterocycles. The van der Waals surface area contributed by atoms with Crippen LogP contribution in [0.15, 0.2) is 45.3 Å². The first kappa shape index (κ1) is 13.0. The summed E-state index contributed by atoms with van der Waals surface area (Å²) in [5.74, 6) is -0.319. The van der Waals surface area contributed by atoms with E-state index in [1.807, 2.05) is 18.2 Å². The molecule has 1 heterocycles. The molecule has 6 heteroatoms. The molecule has 3 aromatic rings. The third-order valence-electron chi connectivity index (χ3n) is 2.79. The summed E-state index contributed by atoms with van der Waals surface area (Å²) in [6.07, 6.45) is 0. The van der Waals surface area contributed by atoms with Crippen LogP contribution in [0.2, 0.25) is 0 Å². The summed E-state index contributed by atoms with van der Waals surface area (Å²) in [7, 11) is 0. The average molecular weight is 402 g/mol. The molecule has 0 fully saturated rings. The second-order valence-electron chi connectivity index (χ2n) is 4.02. The third kappa shape index (κ3) is 2.28. The second kappa shape index (κ2) is 4.85. The minimum absolute atomic E-state index is 0.319. The molecule has 0 atom stereocenters. The van der Waals surface area contributed by atoms with Crippen molar-refractivity contribution in [1.82, 2.24) is 9.55 Å². The van der Waals surface area contributed by atoms with Gasteiger partial charge < -0.3 is 4.98 Å². The topological polar surface area (TPSA) is 20.7 Å². The Balaban J connectivity index is 2.42. The molecule has 3 rings (SSSR count). The summed E-state index contributed by atoms with van der Waals surface area (Å²) in [5, 5.41) is 0. The smallest absolute Gasteiger partial charge is 0.182 e. The molecule has 0 aliphatic carbocycles. The normalized spacial score (nSPS) is 11.1. The number of nitrogens with one attached hydrogen (secondary N) is 1. The van der Waals surface area contributed by atoms with Crippen LogP contribution in [0.1, 0.15) is 0 Å². The standard InChI is InChI=1S/C13H7Br2FN2S/c14-7-1-3-9(16)11(5-7)18-12-6-8(15)2-4-10(12)17-13(18)19/h1-6H,(H,17,19). The fourth-order valence-corrected chi connectivity index (χ4v) is 2.98. The molecule has 2 nitrogen and oxygen atoms in total. The Morgan fingerprint density at radius 2 is 1.74 bits per heavy atom. The summed E-state index contributed by atoms with van der Waals surface area (Å²) < 4.78 is 17.9. The van der Waals surface area contributed by atoms with E-state index in [0.29, 0.717) is 10.5 Å². The number of halogens is 3. The predicted molar refractivity (Wildman–Crippen MR) is 83.8 cm³/mol. The van der Waals surface area contributed by atoms with Gasteiger partial charge in [-0.1, -0.05) is 31.9 Å². The number of hydrogen-bond acceptors (Lipinski definition) is 1. The number of benzene rings is 2. The molecule has 96 valence electrons. The zero-order chi connectivity index (χ0) is 13.6. The Kier molecular flexibility index (Phi) is 3.32. The van der Waals surface area contributed by atoms with E-state index in [4.69, 9.17) is 12.2 Å². The summed E-state index contributed by atoms with van der Waals surface area (Å²) in [6, 6.07) is 10.5. The number of aromatic amines is 1. The van der Waals surface area contributed by atoms with Crippen molar-refractivity contribution in [3.63, 3.8) is 0 Å². The highest BCUT2D eigenvalue weighted by Gasteiger charge is 2.11. The van der Waals surface area contributed by atoms with Crippen molar-refractivity contribution in [2.45, 2.75) is 0 Å². The van der Waals surface area contributed by atoms with E-state index in [-0.39, 0.29) is 5.82 Å². The van der Waals surface area contributed by atoms with Crippen LogP contribution in [-0.4, -0.2) is 9.55 Å². The zero-order valence-electron chi connectivity index (χ0n) is 9.45. The monoisotopic (exact) mass is 400 g/mol. The fraction of sp³-hybridized carbons (Fsp3) is 0. The number of H-pyrrole nitrogens is 1. The first-order valence-electron chi connectivity index (χ1n) is 5.42. The minimum Gasteiger partial charge on any atom is -0.330 e. The van der Waals surface area contributed by atoms with Gasteiger partial charge in [0.25, 0.3) is 0 Å². The largest absolute Gasteiger partial charge is 0.330 e. The Morgan fingerprint density at radius 3 is 2.53 bits per heavy atom. The predicted octanol–water partition coefficient (Wildman–Crippen LogP) is 5.35. The van der Waals surface area contributed by atoms with Gasteiger partial charge in [0.15, 0.2) is 4.77 Å². The maximum atomic E-state index is 14.0. The summed E-state index contributed by atoms with van der Waals surface area (Å²) in [4.78, 5) is 3.07. The van der Waals surface area contributed by atoms with Crippen molar-refractivity contribution in [3.05, 3.63) is 55.9 Å². The average Bonchev–Trinajstić information content (AvgIpc) is 2.68. The summed E-state index contributed by atoms with van der Waals surface area (Å²) >= 11 is 12.1. The van der Waals surface area contributed by atoms with Gasteiger partial charge in [0.1, 0.15) is 5.82 Å². The molecule has 0 aliphatic heterocycles. The molecular formula is C13H7Br2FN2S. The van der Waals surface area contributed by atoms with E-state index < -0.39 is 0 Å². The summed E-state index contributed by atoms with van der Waals surface area (Å²) in [5.41, 5.74) is 2.12. The number of hydrogen-bond donors (Lipinski definition) is 1. The minimum atomic E-state index is -0.319. The van der Waals surface area contributed by atoms with Gasteiger partial charge in [-0.15, -0.1) is 0 Å². The van der Waals surface area contributed by atoms with Gasteiger partial charge in [-0.2, -0.15) is 0 Å². The molecule has 0 unspecified atom stereocenters. The molecule has 0 radical (unpaired) electrons. The van der Waals surface area contributed by atoms with E-state index >= 15 is 0 Å². The molecule has 0 aliphatic rings. The van der Waals surface area contributed by atoms with Gasteiger partial charge in [-0.3, -0.25) is 4.57 Å². The highest BCUT2D eigenvalue weighted by molar-refractivity contribution is 9.10. The van der Waals surface area contributed by atoms with Gasteiger partial charge in [0, 0.05) is 8.95 Å². The Morgan fingerprint density at radius 1 is 1.05 bits per heavy atom. The van der Waals surface area contributed by atoms with Crippen LogP contribution in [0, 0.1) is 10.6 Å². The molecule has 0 saturated carbocycles. The lowest BCUT2D eigenvalue weighted by molar-refractivity contribution is 0.618. The van der Waals surface area contributed by atoms with Crippen molar-refractivity contribution in [2.24, 2.45) is 0 Å². The fourth-order valence-electron chi connectivity index (χ4n) is 1.97. The van der Waals surface area contributed by atoms with Crippen molar-refractivity contribution in [2.75, 3.05) is 0 Å². The van der Waals surface area contributed by atoms with Crippen LogP contribution >= 0.6 is 44.1 Å². The van der Waals surface area contributed by atoms with Crippen LogP contribution in [0.5, 0.6) is 0 Å². The highest BCUT2D eigenvalue weighted by atomic mass is 79.9. The van der Waals surface area contributed by atoms with Gasteiger partial charge in [0.2, 0.25) is 0 Å². The molecule has 1 N–H and O–H groups in total. The van der Waals surface area contributed by atoms with Crippen LogP contribution in [0.25, 0.3) is 16.7 Å². The molecule has 19 heavy (non-hydrogen) atoms. The van der Waals surface area contributed by atoms with Crippen LogP contribution in [0.4, 0.5) is 4.39 Å². The van der Waals surface area contributed by atoms with Gasteiger partial charge in [-0.25, -0.2) is 4.39 Å². The van der Waals surface area contributed by atoms with Crippen molar-refractivity contribution < 1.29 is 4.39 Å². The molecule has 1 aromatic heterocycles. The number of imidazole rings is 1. The molecular weight excluding hydrogens is 395 g/mol. The second-order valence-corrected chi connectivity index (χ2v) is 6.24. The maximum absolute atomic E-state index is 14.0. The molecule has 2 aromatic carbocycles. The van der Waals surface area contributed by atoms with E-state index in [1.54, 1.807) is 16.7 Å². The zero-order valence-corrected chi connectivity index (χ0v) is 13.4. The lowest BCUT2D eigenvalue weighted by atomic mass is 10.2. The van der Waals surface area contributed by atoms with Crippen molar-refractivity contribution >= 4 is 55.1 Å². The van der Waals surface area contributed by atoms with E-state index in [2.05, 4.69) is 36.8 Å². The number of fused-ring (bicyclic) bond motifs is 1. The molecule has 0 spiro atoms. The Bertz CT molecular complexity index is 838. The van der Waals surface area contributed by atoms with Crippen molar-refractivity contribution in [1.29, 1.82) is 0 Å². The van der Waals surface area contributed by atoms with E-state index in [1.165, 1.54) is 6.07 Å². The number of nitrogens with zero attached hydrogens (tertiary/aromatic N) is 1. The van der Waals surface area contributed by atoms with E-state index in [0.717, 1.165) is 20.0 Å². The van der Waals surface area contributed by atoms with Crippen LogP contribution in [-0.2, 0) is 0 Å². The maximum Gasteiger partial charge on any atom is 0.182 e. The number of rotatable bonds is 1. The summed E-state index contributed by atoms with van der Waals surface area (Å²) in [6.45, 7) is 0. The first-order valence-corrected chi connectivity index (χ1v) is 7.41.